The molecule has 2 atom stereocenters. The van der Waals surface area contributed by atoms with E-state index in [1.54, 1.807) is 12.3 Å². The topological polar surface area (TPSA) is 36.4 Å². The Balaban J connectivity index is 2.21. The Morgan fingerprint density at radius 3 is 2.94 bits per heavy atom. The molecule has 1 aromatic heterocycles. The molecule has 16 heavy (non-hydrogen) atoms. The summed E-state index contributed by atoms with van der Waals surface area (Å²) < 4.78 is 13.1. The lowest BCUT2D eigenvalue weighted by Gasteiger charge is -2.27. The summed E-state index contributed by atoms with van der Waals surface area (Å²) >= 11 is 0. The number of rotatable bonds is 3. The van der Waals surface area contributed by atoms with Crippen molar-refractivity contribution in [3.05, 3.63) is 29.8 Å². The molecule has 1 fully saturated rings. The van der Waals surface area contributed by atoms with Gasteiger partial charge in [-0.3, -0.25) is 9.88 Å². The zero-order valence-corrected chi connectivity index (χ0v) is 9.43. The van der Waals surface area contributed by atoms with Crippen LogP contribution < -0.4 is 0 Å². The molecule has 1 aliphatic heterocycles. The van der Waals surface area contributed by atoms with Gasteiger partial charge in [-0.1, -0.05) is 6.92 Å². The molecule has 2 rings (SSSR count). The van der Waals surface area contributed by atoms with Crippen molar-refractivity contribution in [3.8, 4) is 0 Å². The first kappa shape index (κ1) is 11.5. The van der Waals surface area contributed by atoms with Crippen LogP contribution in [0.5, 0.6) is 0 Å². The fraction of sp³-hybridized carbons (Fsp3) is 0.583. The fourth-order valence-corrected chi connectivity index (χ4v) is 2.58. The molecule has 1 N–H and O–H groups in total. The molecule has 0 spiro atoms. The fourth-order valence-electron chi connectivity index (χ4n) is 2.58. The SMILES string of the molecule is CCN1C(CO)CCC1c1cncc(F)c1. The molecule has 1 aliphatic rings. The minimum absolute atomic E-state index is 0.174. The number of aliphatic hydroxyl groups excluding tert-OH is 1. The summed E-state index contributed by atoms with van der Waals surface area (Å²) in [5.41, 5.74) is 0.915. The van der Waals surface area contributed by atoms with Gasteiger partial charge in [-0.2, -0.15) is 0 Å². The van der Waals surface area contributed by atoms with E-state index >= 15 is 0 Å². The molecule has 0 amide bonds. The Hall–Kier alpha value is -1.00. The van der Waals surface area contributed by atoms with Crippen LogP contribution in [-0.4, -0.2) is 34.2 Å². The number of aliphatic hydroxyl groups is 1. The van der Waals surface area contributed by atoms with Crippen molar-refractivity contribution < 1.29 is 9.50 Å². The second-order valence-corrected chi connectivity index (χ2v) is 4.20. The quantitative estimate of drug-likeness (QED) is 0.849. The average molecular weight is 224 g/mol. The highest BCUT2D eigenvalue weighted by atomic mass is 19.1. The lowest BCUT2D eigenvalue weighted by Crippen LogP contribution is -2.33. The standard InChI is InChI=1S/C12H17FN2O/c1-2-15-11(8-16)3-4-12(15)9-5-10(13)7-14-6-9/h5-7,11-12,16H,2-4,8H2,1H3. The number of aromatic nitrogens is 1. The molecule has 2 heterocycles. The number of likely N-dealkylation sites (tertiary alicyclic amines) is 1. The van der Waals surface area contributed by atoms with Crippen molar-refractivity contribution in [3.63, 3.8) is 0 Å². The van der Waals surface area contributed by atoms with Crippen molar-refractivity contribution >= 4 is 0 Å². The second kappa shape index (κ2) is 4.89. The summed E-state index contributed by atoms with van der Waals surface area (Å²) in [5.74, 6) is -0.291. The average Bonchev–Trinajstić information content (AvgIpc) is 2.71. The van der Waals surface area contributed by atoms with E-state index in [-0.39, 0.29) is 24.5 Å². The van der Waals surface area contributed by atoms with E-state index in [4.69, 9.17) is 0 Å². The first-order valence-electron chi connectivity index (χ1n) is 5.73. The summed E-state index contributed by atoms with van der Waals surface area (Å²) in [6, 6.07) is 1.95. The first-order chi connectivity index (χ1) is 7.76. The van der Waals surface area contributed by atoms with Gasteiger partial charge >= 0.3 is 0 Å². The van der Waals surface area contributed by atoms with Crippen molar-refractivity contribution in [2.45, 2.75) is 31.8 Å². The van der Waals surface area contributed by atoms with Crippen LogP contribution in [0.3, 0.4) is 0 Å². The zero-order chi connectivity index (χ0) is 11.5. The molecule has 1 saturated heterocycles. The number of likely N-dealkylation sites (N-methyl/N-ethyl adjacent to an activating group) is 1. The zero-order valence-electron chi connectivity index (χ0n) is 9.43. The second-order valence-electron chi connectivity index (χ2n) is 4.20. The molecule has 2 unspecified atom stereocenters. The van der Waals surface area contributed by atoms with Gasteiger partial charge in [0.25, 0.3) is 0 Å². The Morgan fingerprint density at radius 1 is 1.50 bits per heavy atom. The van der Waals surface area contributed by atoms with E-state index in [2.05, 4.69) is 16.8 Å². The van der Waals surface area contributed by atoms with Gasteiger partial charge in [0.1, 0.15) is 5.82 Å². The van der Waals surface area contributed by atoms with Crippen LogP contribution in [-0.2, 0) is 0 Å². The third-order valence-corrected chi connectivity index (χ3v) is 3.33. The first-order valence-corrected chi connectivity index (χ1v) is 5.73. The van der Waals surface area contributed by atoms with Gasteiger partial charge in [-0.25, -0.2) is 4.39 Å². The molecule has 0 bridgehead atoms. The summed E-state index contributed by atoms with van der Waals surface area (Å²) in [7, 11) is 0. The third kappa shape index (κ3) is 2.08. The third-order valence-electron chi connectivity index (χ3n) is 3.33. The maximum absolute atomic E-state index is 13.1. The van der Waals surface area contributed by atoms with Crippen LogP contribution in [0, 0.1) is 5.82 Å². The van der Waals surface area contributed by atoms with Gasteiger partial charge in [-0.05, 0) is 31.0 Å². The normalized spacial score (nSPS) is 26.2. The molecular formula is C12H17FN2O. The maximum Gasteiger partial charge on any atom is 0.141 e. The Bertz CT molecular complexity index is 359. The number of hydrogen-bond acceptors (Lipinski definition) is 3. The molecule has 3 nitrogen and oxygen atoms in total. The summed E-state index contributed by atoms with van der Waals surface area (Å²) in [5, 5.41) is 9.26. The molecule has 1 aromatic rings. The van der Waals surface area contributed by atoms with Crippen LogP contribution in [0.15, 0.2) is 18.5 Å². The highest BCUT2D eigenvalue weighted by molar-refractivity contribution is 5.17. The van der Waals surface area contributed by atoms with Crippen molar-refractivity contribution in [2.75, 3.05) is 13.2 Å². The number of pyridine rings is 1. The number of nitrogens with zero attached hydrogens (tertiary/aromatic N) is 2. The van der Waals surface area contributed by atoms with Crippen LogP contribution in [0.4, 0.5) is 4.39 Å². The lowest BCUT2D eigenvalue weighted by molar-refractivity contribution is 0.134. The molecule has 4 heteroatoms. The van der Waals surface area contributed by atoms with Gasteiger partial charge in [-0.15, -0.1) is 0 Å². The molecular weight excluding hydrogens is 207 g/mol. The largest absolute Gasteiger partial charge is 0.395 e. The van der Waals surface area contributed by atoms with E-state index in [0.29, 0.717) is 0 Å². The van der Waals surface area contributed by atoms with Crippen LogP contribution >= 0.6 is 0 Å². The highest BCUT2D eigenvalue weighted by Gasteiger charge is 2.32. The Kier molecular flexibility index (Phi) is 3.51. The van der Waals surface area contributed by atoms with Crippen LogP contribution in [0.1, 0.15) is 31.4 Å². The van der Waals surface area contributed by atoms with Gasteiger partial charge in [0.2, 0.25) is 0 Å². The molecule has 88 valence electrons. The summed E-state index contributed by atoms with van der Waals surface area (Å²) in [6.45, 7) is 3.10. The van der Waals surface area contributed by atoms with Crippen molar-refractivity contribution in [1.82, 2.24) is 9.88 Å². The molecule has 0 aromatic carbocycles. The molecule has 0 saturated carbocycles. The Labute approximate surface area is 94.9 Å². The monoisotopic (exact) mass is 224 g/mol. The van der Waals surface area contributed by atoms with Gasteiger partial charge < -0.3 is 5.11 Å². The van der Waals surface area contributed by atoms with Gasteiger partial charge in [0, 0.05) is 18.3 Å². The van der Waals surface area contributed by atoms with Gasteiger partial charge in [0.15, 0.2) is 0 Å². The minimum atomic E-state index is -0.291. The van der Waals surface area contributed by atoms with Crippen LogP contribution in [0.2, 0.25) is 0 Å². The summed E-state index contributed by atoms with van der Waals surface area (Å²) in [4.78, 5) is 6.10. The van der Waals surface area contributed by atoms with Gasteiger partial charge in [0.05, 0.1) is 12.8 Å². The molecule has 0 radical (unpaired) electrons. The predicted octanol–water partition coefficient (Wildman–Crippen LogP) is 1.74. The predicted molar refractivity (Wildman–Crippen MR) is 59.4 cm³/mol. The van der Waals surface area contributed by atoms with E-state index in [1.165, 1.54) is 6.20 Å². The van der Waals surface area contributed by atoms with E-state index in [0.717, 1.165) is 24.9 Å². The minimum Gasteiger partial charge on any atom is -0.395 e. The van der Waals surface area contributed by atoms with E-state index < -0.39 is 0 Å². The number of halogens is 1. The Morgan fingerprint density at radius 2 is 2.31 bits per heavy atom. The summed E-state index contributed by atoms with van der Waals surface area (Å²) in [6.07, 6.45) is 4.87. The van der Waals surface area contributed by atoms with Crippen LogP contribution in [0.25, 0.3) is 0 Å². The van der Waals surface area contributed by atoms with Crippen molar-refractivity contribution in [2.24, 2.45) is 0 Å². The number of hydrogen-bond donors (Lipinski definition) is 1. The smallest absolute Gasteiger partial charge is 0.141 e. The maximum atomic E-state index is 13.1. The van der Waals surface area contributed by atoms with E-state index in [1.807, 2.05) is 0 Å². The lowest BCUT2D eigenvalue weighted by atomic mass is 10.1. The van der Waals surface area contributed by atoms with E-state index in [9.17, 15) is 9.50 Å². The highest BCUT2D eigenvalue weighted by Crippen LogP contribution is 2.35. The molecule has 0 aliphatic carbocycles. The van der Waals surface area contributed by atoms with Crippen molar-refractivity contribution in [1.29, 1.82) is 0 Å².